The third kappa shape index (κ3) is 2.29. The molecule has 0 saturated heterocycles. The number of aromatic carboxylic acids is 1. The molecule has 0 aliphatic carbocycles. The molecule has 1 aromatic carbocycles. The van der Waals surface area contributed by atoms with Crippen LogP contribution in [0.5, 0.6) is 0 Å². The van der Waals surface area contributed by atoms with Gasteiger partial charge in [0.1, 0.15) is 11.4 Å². The predicted molar refractivity (Wildman–Crippen MR) is 68.7 cm³/mol. The quantitative estimate of drug-likeness (QED) is 0.864. The Morgan fingerprint density at radius 3 is 2.78 bits per heavy atom. The zero-order valence-electron chi connectivity index (χ0n) is 10.1. The van der Waals surface area contributed by atoms with Crippen molar-refractivity contribution in [2.45, 2.75) is 6.92 Å². The maximum Gasteiger partial charge on any atom is 0.341 e. The van der Waals surface area contributed by atoms with Gasteiger partial charge in [-0.2, -0.15) is 0 Å². The lowest BCUT2D eigenvalue weighted by atomic mass is 10.1. The van der Waals surface area contributed by atoms with Gasteiger partial charge in [-0.15, -0.1) is 0 Å². The smallest absolute Gasteiger partial charge is 0.341 e. The summed E-state index contributed by atoms with van der Waals surface area (Å²) in [5.74, 6) is -0.225. The standard InChI is InChI=1S/C13H13N3O2/c1-8-4-3-5-9(6-8)11-15-7-10(13(17)18)12(14-2)16-11/h3-7H,1-2H3,(H,17,18)(H,14,15,16). The Hall–Kier alpha value is -2.43. The molecule has 0 bridgehead atoms. The van der Waals surface area contributed by atoms with E-state index < -0.39 is 5.97 Å². The zero-order chi connectivity index (χ0) is 13.1. The van der Waals surface area contributed by atoms with Crippen LogP contribution >= 0.6 is 0 Å². The molecular weight excluding hydrogens is 230 g/mol. The Morgan fingerprint density at radius 1 is 1.39 bits per heavy atom. The molecule has 2 aromatic rings. The SMILES string of the molecule is CNc1nc(-c2cccc(C)c2)ncc1C(=O)O. The molecule has 0 saturated carbocycles. The second kappa shape index (κ2) is 4.83. The summed E-state index contributed by atoms with van der Waals surface area (Å²) in [6.07, 6.45) is 1.32. The molecule has 1 aromatic heterocycles. The van der Waals surface area contributed by atoms with E-state index in [1.165, 1.54) is 6.20 Å². The summed E-state index contributed by atoms with van der Waals surface area (Å²) in [5, 5.41) is 11.8. The van der Waals surface area contributed by atoms with Gasteiger partial charge in [-0.05, 0) is 13.0 Å². The first kappa shape index (κ1) is 12.0. The van der Waals surface area contributed by atoms with Crippen LogP contribution < -0.4 is 5.32 Å². The molecule has 0 aliphatic heterocycles. The molecule has 2 N–H and O–H groups in total. The number of aryl methyl sites for hydroxylation is 1. The minimum atomic E-state index is -1.05. The van der Waals surface area contributed by atoms with Crippen LogP contribution in [-0.2, 0) is 0 Å². The molecule has 0 aliphatic rings. The Labute approximate surface area is 105 Å². The molecule has 0 spiro atoms. The number of hydrogen-bond donors (Lipinski definition) is 2. The number of carbonyl (C=O) groups is 1. The highest BCUT2D eigenvalue weighted by atomic mass is 16.4. The summed E-state index contributed by atoms with van der Waals surface area (Å²) in [4.78, 5) is 19.3. The van der Waals surface area contributed by atoms with Crippen LogP contribution in [0.1, 0.15) is 15.9 Å². The second-order valence-corrected chi connectivity index (χ2v) is 3.88. The summed E-state index contributed by atoms with van der Waals surface area (Å²) in [7, 11) is 1.63. The van der Waals surface area contributed by atoms with Crippen molar-refractivity contribution in [3.8, 4) is 11.4 Å². The fourth-order valence-electron chi connectivity index (χ4n) is 1.65. The molecule has 92 valence electrons. The van der Waals surface area contributed by atoms with Gasteiger partial charge in [0.05, 0.1) is 0 Å². The van der Waals surface area contributed by atoms with Crippen LogP contribution in [0.2, 0.25) is 0 Å². The van der Waals surface area contributed by atoms with E-state index in [2.05, 4.69) is 15.3 Å². The molecule has 1 heterocycles. The Kier molecular flexibility index (Phi) is 3.23. The first-order valence-corrected chi connectivity index (χ1v) is 5.47. The van der Waals surface area contributed by atoms with E-state index in [1.807, 2.05) is 31.2 Å². The lowest BCUT2D eigenvalue weighted by Crippen LogP contribution is -2.07. The van der Waals surface area contributed by atoms with E-state index in [1.54, 1.807) is 7.05 Å². The third-order valence-electron chi connectivity index (χ3n) is 2.53. The first-order valence-electron chi connectivity index (χ1n) is 5.47. The van der Waals surface area contributed by atoms with Crippen LogP contribution in [0, 0.1) is 6.92 Å². The third-order valence-corrected chi connectivity index (χ3v) is 2.53. The molecule has 18 heavy (non-hydrogen) atoms. The molecule has 0 radical (unpaired) electrons. The van der Waals surface area contributed by atoms with Gasteiger partial charge in [-0.1, -0.05) is 23.8 Å². The van der Waals surface area contributed by atoms with Gasteiger partial charge in [0.2, 0.25) is 0 Å². The monoisotopic (exact) mass is 243 g/mol. The predicted octanol–water partition coefficient (Wildman–Crippen LogP) is 2.19. The average molecular weight is 243 g/mol. The lowest BCUT2D eigenvalue weighted by Gasteiger charge is -2.07. The van der Waals surface area contributed by atoms with E-state index in [-0.39, 0.29) is 5.56 Å². The summed E-state index contributed by atoms with van der Waals surface area (Å²) in [5.41, 5.74) is 2.03. The normalized spacial score (nSPS) is 10.1. The van der Waals surface area contributed by atoms with Crippen molar-refractivity contribution in [2.24, 2.45) is 0 Å². The van der Waals surface area contributed by atoms with Crippen LogP contribution in [0.3, 0.4) is 0 Å². The number of benzene rings is 1. The lowest BCUT2D eigenvalue weighted by molar-refractivity contribution is 0.0697. The number of nitrogens with zero attached hydrogens (tertiary/aromatic N) is 2. The van der Waals surface area contributed by atoms with Gasteiger partial charge in [0, 0.05) is 18.8 Å². The van der Waals surface area contributed by atoms with Crippen LogP contribution in [0.25, 0.3) is 11.4 Å². The topological polar surface area (TPSA) is 75.1 Å². The number of carboxylic acid groups (broad SMARTS) is 1. The fraction of sp³-hybridized carbons (Fsp3) is 0.154. The Morgan fingerprint density at radius 2 is 2.17 bits per heavy atom. The maximum atomic E-state index is 11.0. The minimum absolute atomic E-state index is 0.0638. The Bertz CT molecular complexity index is 597. The average Bonchev–Trinajstić information content (AvgIpc) is 2.37. The van der Waals surface area contributed by atoms with Crippen molar-refractivity contribution in [2.75, 3.05) is 12.4 Å². The maximum absolute atomic E-state index is 11.0. The zero-order valence-corrected chi connectivity index (χ0v) is 10.1. The number of carboxylic acids is 1. The number of aromatic nitrogens is 2. The van der Waals surface area contributed by atoms with Gasteiger partial charge in [-0.3, -0.25) is 0 Å². The number of hydrogen-bond acceptors (Lipinski definition) is 4. The largest absolute Gasteiger partial charge is 0.477 e. The van der Waals surface area contributed by atoms with E-state index in [9.17, 15) is 4.79 Å². The van der Waals surface area contributed by atoms with Crippen molar-refractivity contribution < 1.29 is 9.90 Å². The van der Waals surface area contributed by atoms with E-state index >= 15 is 0 Å². The number of nitrogens with one attached hydrogen (secondary N) is 1. The fourth-order valence-corrected chi connectivity index (χ4v) is 1.65. The van der Waals surface area contributed by atoms with Crippen molar-refractivity contribution in [1.82, 2.24) is 9.97 Å². The molecule has 0 fully saturated rings. The summed E-state index contributed by atoms with van der Waals surface area (Å²) < 4.78 is 0. The molecule has 5 nitrogen and oxygen atoms in total. The molecular formula is C13H13N3O2. The van der Waals surface area contributed by atoms with Gasteiger partial charge in [0.25, 0.3) is 0 Å². The van der Waals surface area contributed by atoms with Crippen molar-refractivity contribution >= 4 is 11.8 Å². The molecule has 0 unspecified atom stereocenters. The summed E-state index contributed by atoms with van der Waals surface area (Å²) >= 11 is 0. The summed E-state index contributed by atoms with van der Waals surface area (Å²) in [6.45, 7) is 1.98. The highest BCUT2D eigenvalue weighted by molar-refractivity contribution is 5.93. The Balaban J connectivity index is 2.51. The molecule has 2 rings (SSSR count). The molecule has 5 heteroatoms. The van der Waals surface area contributed by atoms with Crippen molar-refractivity contribution in [1.29, 1.82) is 0 Å². The van der Waals surface area contributed by atoms with Gasteiger partial charge in [-0.25, -0.2) is 14.8 Å². The van der Waals surface area contributed by atoms with Crippen molar-refractivity contribution in [3.05, 3.63) is 41.6 Å². The molecule has 0 amide bonds. The van der Waals surface area contributed by atoms with E-state index in [4.69, 9.17) is 5.11 Å². The van der Waals surface area contributed by atoms with Crippen LogP contribution in [0.15, 0.2) is 30.5 Å². The van der Waals surface area contributed by atoms with E-state index in [0.29, 0.717) is 11.6 Å². The highest BCUT2D eigenvalue weighted by Crippen LogP contribution is 2.19. The number of anilines is 1. The van der Waals surface area contributed by atoms with Crippen molar-refractivity contribution in [3.63, 3.8) is 0 Å². The van der Waals surface area contributed by atoms with Crippen LogP contribution in [-0.4, -0.2) is 28.1 Å². The van der Waals surface area contributed by atoms with Gasteiger partial charge in [0.15, 0.2) is 5.82 Å². The summed E-state index contributed by atoms with van der Waals surface area (Å²) in [6, 6.07) is 7.74. The van der Waals surface area contributed by atoms with Crippen LogP contribution in [0.4, 0.5) is 5.82 Å². The minimum Gasteiger partial charge on any atom is -0.477 e. The van der Waals surface area contributed by atoms with E-state index in [0.717, 1.165) is 11.1 Å². The van der Waals surface area contributed by atoms with Gasteiger partial charge < -0.3 is 10.4 Å². The first-order chi connectivity index (χ1) is 8.61. The number of rotatable bonds is 3. The highest BCUT2D eigenvalue weighted by Gasteiger charge is 2.13. The van der Waals surface area contributed by atoms with Gasteiger partial charge >= 0.3 is 5.97 Å². The second-order valence-electron chi connectivity index (χ2n) is 3.88. The molecule has 0 atom stereocenters.